The van der Waals surface area contributed by atoms with Crippen LogP contribution >= 0.6 is 11.6 Å². The predicted octanol–water partition coefficient (Wildman–Crippen LogP) is 3.94. The first-order valence-corrected chi connectivity index (χ1v) is 9.76. The summed E-state index contributed by atoms with van der Waals surface area (Å²) in [5, 5.41) is 3.37. The zero-order valence-corrected chi connectivity index (χ0v) is 17.0. The molecule has 1 aromatic heterocycles. The van der Waals surface area contributed by atoms with E-state index < -0.39 is 0 Å². The minimum atomic E-state index is -0.0899. The molecule has 0 radical (unpaired) electrons. The zero-order chi connectivity index (χ0) is 20.6. The van der Waals surface area contributed by atoms with Crippen molar-refractivity contribution in [1.82, 2.24) is 10.3 Å². The van der Waals surface area contributed by atoms with E-state index in [9.17, 15) is 9.59 Å². The Morgan fingerprint density at radius 1 is 1.03 bits per heavy atom. The lowest BCUT2D eigenvalue weighted by atomic mass is 10.0. The molecule has 0 aliphatic carbocycles. The molecule has 3 rings (SSSR count). The van der Waals surface area contributed by atoms with Crippen molar-refractivity contribution in [3.63, 3.8) is 0 Å². The fraction of sp³-hybridized carbons (Fsp3) is 0.217. The number of hydrogen-bond donors (Lipinski definition) is 2. The number of pyridine rings is 1. The summed E-state index contributed by atoms with van der Waals surface area (Å²) in [5.74, 6) is -0.0608. The highest BCUT2D eigenvalue weighted by molar-refractivity contribution is 6.30. The van der Waals surface area contributed by atoms with Gasteiger partial charge < -0.3 is 15.0 Å². The number of H-pyrrole nitrogens is 1. The lowest BCUT2D eigenvalue weighted by molar-refractivity contribution is -0.119. The number of carbonyl (C=O) groups is 1. The molecule has 0 saturated heterocycles. The van der Waals surface area contributed by atoms with Crippen LogP contribution in [0.5, 0.6) is 0 Å². The predicted molar refractivity (Wildman–Crippen MR) is 115 cm³/mol. The molecule has 1 amide bonds. The molecule has 0 fully saturated rings. The van der Waals surface area contributed by atoms with Crippen LogP contribution in [0.15, 0.2) is 65.6 Å². The molecule has 0 aliphatic heterocycles. The van der Waals surface area contributed by atoms with Crippen molar-refractivity contribution >= 4 is 17.5 Å². The first kappa shape index (κ1) is 20.8. The van der Waals surface area contributed by atoms with Gasteiger partial charge in [-0.25, -0.2) is 0 Å². The highest BCUT2D eigenvalue weighted by Gasteiger charge is 2.06. The van der Waals surface area contributed by atoms with Crippen molar-refractivity contribution in [3.8, 4) is 11.1 Å². The Kier molecular flexibility index (Phi) is 7.22. The van der Waals surface area contributed by atoms with E-state index in [4.69, 9.17) is 16.3 Å². The number of benzene rings is 2. The summed E-state index contributed by atoms with van der Waals surface area (Å²) in [7, 11) is 0. The van der Waals surface area contributed by atoms with E-state index in [1.54, 1.807) is 6.20 Å². The number of ether oxygens (including phenoxy) is 1. The topological polar surface area (TPSA) is 71.2 Å². The number of amides is 1. The van der Waals surface area contributed by atoms with E-state index in [-0.39, 0.29) is 11.5 Å². The van der Waals surface area contributed by atoms with Gasteiger partial charge in [0.25, 0.3) is 5.56 Å². The molecule has 0 spiro atoms. The molecular formula is C23H23ClN2O3. The van der Waals surface area contributed by atoms with Gasteiger partial charge in [-0.3, -0.25) is 9.59 Å². The van der Waals surface area contributed by atoms with Crippen molar-refractivity contribution in [2.45, 2.75) is 20.0 Å². The number of nitrogens with one attached hydrogen (secondary N) is 2. The van der Waals surface area contributed by atoms with E-state index in [0.29, 0.717) is 36.8 Å². The summed E-state index contributed by atoms with van der Waals surface area (Å²) in [6, 6.07) is 17.4. The Bertz CT molecular complexity index is 1010. The number of carbonyl (C=O) groups excluding carboxylic acids is 1. The van der Waals surface area contributed by atoms with Crippen LogP contribution in [0.1, 0.15) is 23.6 Å². The highest BCUT2D eigenvalue weighted by atomic mass is 35.5. The molecule has 0 bridgehead atoms. The van der Waals surface area contributed by atoms with Crippen molar-refractivity contribution in [3.05, 3.63) is 92.9 Å². The molecule has 29 heavy (non-hydrogen) atoms. The third-order valence-corrected chi connectivity index (χ3v) is 4.72. The minimum absolute atomic E-state index is 0.0608. The van der Waals surface area contributed by atoms with Gasteiger partial charge in [0.05, 0.1) is 13.2 Å². The van der Waals surface area contributed by atoms with Crippen molar-refractivity contribution in [2.24, 2.45) is 0 Å². The van der Waals surface area contributed by atoms with Gasteiger partial charge in [-0.2, -0.15) is 0 Å². The second-order valence-corrected chi connectivity index (χ2v) is 7.21. The SMILES string of the molecule is CC(=O)NCCOCc1ccc(-c2c[nH]c(=O)c(Cc3ccc(Cl)cc3)c2)cc1. The third-order valence-electron chi connectivity index (χ3n) is 4.46. The summed E-state index contributed by atoms with van der Waals surface area (Å²) >= 11 is 5.93. The number of hydrogen-bond acceptors (Lipinski definition) is 3. The second-order valence-electron chi connectivity index (χ2n) is 6.78. The van der Waals surface area contributed by atoms with E-state index in [0.717, 1.165) is 22.3 Å². The van der Waals surface area contributed by atoms with Crippen LogP contribution in [0.4, 0.5) is 0 Å². The van der Waals surface area contributed by atoms with Crippen molar-refractivity contribution < 1.29 is 9.53 Å². The molecule has 0 atom stereocenters. The van der Waals surface area contributed by atoms with Crippen LogP contribution in [-0.4, -0.2) is 24.0 Å². The van der Waals surface area contributed by atoms with Gasteiger partial charge in [-0.1, -0.05) is 48.0 Å². The van der Waals surface area contributed by atoms with Crippen LogP contribution in [0.25, 0.3) is 11.1 Å². The summed E-state index contributed by atoms with van der Waals surface area (Å²) < 4.78 is 5.55. The first-order chi connectivity index (χ1) is 14.0. The molecule has 2 aromatic carbocycles. The maximum Gasteiger partial charge on any atom is 0.251 e. The monoisotopic (exact) mass is 410 g/mol. The van der Waals surface area contributed by atoms with E-state index in [1.807, 2.05) is 54.6 Å². The van der Waals surface area contributed by atoms with Crippen LogP contribution in [0.2, 0.25) is 5.02 Å². The molecule has 0 unspecified atom stereocenters. The van der Waals surface area contributed by atoms with Gasteiger partial charge >= 0.3 is 0 Å². The minimum Gasteiger partial charge on any atom is -0.375 e. The summed E-state index contributed by atoms with van der Waals surface area (Å²) in [4.78, 5) is 25.9. The van der Waals surface area contributed by atoms with E-state index in [1.165, 1.54) is 6.92 Å². The Balaban J connectivity index is 1.65. The van der Waals surface area contributed by atoms with Crippen LogP contribution in [-0.2, 0) is 22.6 Å². The quantitative estimate of drug-likeness (QED) is 0.552. The van der Waals surface area contributed by atoms with Crippen LogP contribution in [0.3, 0.4) is 0 Å². The number of aromatic nitrogens is 1. The van der Waals surface area contributed by atoms with Gasteiger partial charge in [-0.15, -0.1) is 0 Å². The molecule has 2 N–H and O–H groups in total. The lowest BCUT2D eigenvalue weighted by Crippen LogP contribution is -2.24. The largest absolute Gasteiger partial charge is 0.375 e. The maximum atomic E-state index is 12.2. The number of halogens is 1. The molecule has 3 aromatic rings. The summed E-state index contributed by atoms with van der Waals surface area (Å²) in [6.07, 6.45) is 2.27. The Hall–Kier alpha value is -2.89. The van der Waals surface area contributed by atoms with E-state index >= 15 is 0 Å². The van der Waals surface area contributed by atoms with Gasteiger partial charge in [0.15, 0.2) is 0 Å². The molecule has 0 saturated carbocycles. The van der Waals surface area contributed by atoms with Gasteiger partial charge in [0.1, 0.15) is 0 Å². The molecule has 5 nitrogen and oxygen atoms in total. The summed E-state index contributed by atoms with van der Waals surface area (Å²) in [5.41, 5.74) is 4.65. The molecule has 0 aliphatic rings. The van der Waals surface area contributed by atoms with Crippen LogP contribution in [0, 0.1) is 0 Å². The van der Waals surface area contributed by atoms with Gasteiger partial charge in [0.2, 0.25) is 5.91 Å². The Morgan fingerprint density at radius 3 is 2.41 bits per heavy atom. The first-order valence-electron chi connectivity index (χ1n) is 9.39. The fourth-order valence-corrected chi connectivity index (χ4v) is 3.06. The maximum absolute atomic E-state index is 12.2. The average Bonchev–Trinajstić information content (AvgIpc) is 2.71. The molecule has 1 heterocycles. The fourth-order valence-electron chi connectivity index (χ4n) is 2.93. The molecule has 150 valence electrons. The third kappa shape index (κ3) is 6.31. The van der Waals surface area contributed by atoms with Gasteiger partial charge in [-0.05, 0) is 40.5 Å². The molecular weight excluding hydrogens is 388 g/mol. The second kappa shape index (κ2) is 10.0. The molecule has 6 heteroatoms. The standard InChI is InChI=1S/C23H23ClN2O3/c1-16(27)25-10-11-29-15-18-2-6-19(7-3-18)21-13-20(23(28)26-14-21)12-17-4-8-22(24)9-5-17/h2-9,13-14H,10-12,15H2,1H3,(H,25,27)(H,26,28). The summed E-state index contributed by atoms with van der Waals surface area (Å²) in [6.45, 7) is 2.93. The van der Waals surface area contributed by atoms with Crippen molar-refractivity contribution in [2.75, 3.05) is 13.2 Å². The Morgan fingerprint density at radius 2 is 1.72 bits per heavy atom. The smallest absolute Gasteiger partial charge is 0.251 e. The lowest BCUT2D eigenvalue weighted by Gasteiger charge is -2.08. The van der Waals surface area contributed by atoms with E-state index in [2.05, 4.69) is 10.3 Å². The van der Waals surface area contributed by atoms with Crippen molar-refractivity contribution in [1.29, 1.82) is 0 Å². The zero-order valence-electron chi connectivity index (χ0n) is 16.2. The number of aromatic amines is 1. The average molecular weight is 411 g/mol. The Labute approximate surface area is 174 Å². The van der Waals surface area contributed by atoms with Gasteiger partial charge in [0, 0.05) is 36.7 Å². The normalized spacial score (nSPS) is 10.7. The highest BCUT2D eigenvalue weighted by Crippen LogP contribution is 2.21. The number of rotatable bonds is 8. The van der Waals surface area contributed by atoms with Crippen LogP contribution < -0.4 is 10.9 Å².